The molecule has 1 unspecified atom stereocenters. The van der Waals surface area contributed by atoms with Gasteiger partial charge >= 0.3 is 0 Å². The molecule has 4 nitrogen and oxygen atoms in total. The average Bonchev–Trinajstić information content (AvgIpc) is 2.33. The zero-order valence-electron chi connectivity index (χ0n) is 8.50. The Morgan fingerprint density at radius 2 is 2.12 bits per heavy atom. The van der Waals surface area contributed by atoms with E-state index in [2.05, 4.69) is 10.2 Å². The quantitative estimate of drug-likeness (QED) is 0.754. The first-order valence-electron chi connectivity index (χ1n) is 4.89. The highest BCUT2D eigenvalue weighted by atomic mass is 32.2. The van der Waals surface area contributed by atoms with Crippen LogP contribution in [0.4, 0.5) is 0 Å². The summed E-state index contributed by atoms with van der Waals surface area (Å²) in [5.41, 5.74) is 0.676. The molecular formula is C11H10N2O2S. The molecule has 0 bridgehead atoms. The van der Waals surface area contributed by atoms with Gasteiger partial charge in [-0.2, -0.15) is 5.11 Å². The van der Waals surface area contributed by atoms with E-state index in [1.54, 1.807) is 12.1 Å². The summed E-state index contributed by atoms with van der Waals surface area (Å²) in [5, 5.41) is 7.05. The van der Waals surface area contributed by atoms with Crippen LogP contribution < -0.4 is 0 Å². The third-order valence-electron chi connectivity index (χ3n) is 2.15. The maximum absolute atomic E-state index is 11.8. The first kappa shape index (κ1) is 11.0. The predicted molar refractivity (Wildman–Crippen MR) is 61.5 cm³/mol. The number of amides is 1. The summed E-state index contributed by atoms with van der Waals surface area (Å²) in [6.07, 6.45) is 0.297. The number of hydrogen-bond acceptors (Lipinski definition) is 4. The van der Waals surface area contributed by atoms with Gasteiger partial charge in [-0.3, -0.25) is 9.59 Å². The summed E-state index contributed by atoms with van der Waals surface area (Å²) in [5.74, 6) is 0.121. The Balaban J connectivity index is 1.98. The molecule has 0 saturated carbocycles. The minimum absolute atomic E-state index is 0.0337. The molecule has 0 spiro atoms. The molecule has 16 heavy (non-hydrogen) atoms. The van der Waals surface area contributed by atoms with Crippen LogP contribution in [0.15, 0.2) is 40.6 Å². The van der Waals surface area contributed by atoms with Crippen molar-refractivity contribution in [2.24, 2.45) is 10.2 Å². The molecule has 0 fully saturated rings. The standard InChI is InChI=1S/C11H10N2O2S/c14-9(8-4-2-1-3-5-8)6-11-13-12-10(15)7-16-11/h1-5,11H,6-7H2. The Hall–Kier alpha value is -1.49. The first-order chi connectivity index (χ1) is 7.75. The third-order valence-corrected chi connectivity index (χ3v) is 3.21. The van der Waals surface area contributed by atoms with Crippen molar-refractivity contribution in [1.82, 2.24) is 0 Å². The van der Waals surface area contributed by atoms with Gasteiger partial charge < -0.3 is 0 Å². The van der Waals surface area contributed by atoms with Crippen molar-refractivity contribution in [3.05, 3.63) is 35.9 Å². The van der Waals surface area contributed by atoms with Gasteiger partial charge in [0.15, 0.2) is 5.78 Å². The van der Waals surface area contributed by atoms with E-state index >= 15 is 0 Å². The molecule has 1 aliphatic rings. The number of hydrogen-bond donors (Lipinski definition) is 0. The SMILES string of the molecule is O=C1CSC(CC(=O)c2ccccc2)N=N1. The lowest BCUT2D eigenvalue weighted by Crippen LogP contribution is -2.15. The van der Waals surface area contributed by atoms with Crippen LogP contribution in [0.1, 0.15) is 16.8 Å². The summed E-state index contributed by atoms with van der Waals surface area (Å²) in [6.45, 7) is 0. The maximum atomic E-state index is 11.8. The number of carbonyl (C=O) groups is 2. The van der Waals surface area contributed by atoms with E-state index in [4.69, 9.17) is 0 Å². The molecule has 0 radical (unpaired) electrons. The molecule has 1 atom stereocenters. The Morgan fingerprint density at radius 3 is 2.75 bits per heavy atom. The van der Waals surface area contributed by atoms with Crippen LogP contribution >= 0.6 is 11.8 Å². The second kappa shape index (κ2) is 5.03. The molecule has 1 aromatic carbocycles. The number of ketones is 1. The lowest BCUT2D eigenvalue weighted by Gasteiger charge is -2.12. The number of nitrogens with zero attached hydrogens (tertiary/aromatic N) is 2. The van der Waals surface area contributed by atoms with Gasteiger partial charge in [0.2, 0.25) is 0 Å². The van der Waals surface area contributed by atoms with Crippen LogP contribution in [-0.4, -0.2) is 22.8 Å². The molecule has 5 heteroatoms. The summed E-state index contributed by atoms with van der Waals surface area (Å²) >= 11 is 1.36. The lowest BCUT2D eigenvalue weighted by molar-refractivity contribution is -0.116. The molecule has 1 heterocycles. The monoisotopic (exact) mass is 234 g/mol. The zero-order chi connectivity index (χ0) is 11.4. The fraction of sp³-hybridized carbons (Fsp3) is 0.273. The molecule has 82 valence electrons. The van der Waals surface area contributed by atoms with Crippen LogP contribution in [-0.2, 0) is 4.79 Å². The Bertz CT molecular complexity index is 431. The van der Waals surface area contributed by atoms with E-state index in [0.29, 0.717) is 17.7 Å². The van der Waals surface area contributed by atoms with E-state index in [1.165, 1.54) is 11.8 Å². The highest BCUT2D eigenvalue weighted by Gasteiger charge is 2.20. The van der Waals surface area contributed by atoms with Gasteiger partial charge in [-0.05, 0) is 0 Å². The van der Waals surface area contributed by atoms with Gasteiger partial charge in [0.05, 0.1) is 5.75 Å². The summed E-state index contributed by atoms with van der Waals surface area (Å²) in [6, 6.07) is 9.07. The molecule has 1 aromatic rings. The Morgan fingerprint density at radius 1 is 1.38 bits per heavy atom. The van der Waals surface area contributed by atoms with Crippen LogP contribution in [0.25, 0.3) is 0 Å². The molecule has 2 rings (SSSR count). The fourth-order valence-electron chi connectivity index (χ4n) is 1.36. The van der Waals surface area contributed by atoms with Crippen molar-refractivity contribution >= 4 is 23.5 Å². The smallest absolute Gasteiger partial charge is 0.274 e. The summed E-state index contributed by atoms with van der Waals surface area (Å²) in [4.78, 5) is 22.6. The average molecular weight is 234 g/mol. The number of Topliss-reactive ketones (excluding diaryl/α,β-unsaturated/α-hetero) is 1. The highest BCUT2D eigenvalue weighted by molar-refractivity contribution is 8.00. The summed E-state index contributed by atoms with van der Waals surface area (Å²) in [7, 11) is 0. The topological polar surface area (TPSA) is 58.9 Å². The van der Waals surface area contributed by atoms with Gasteiger partial charge in [0, 0.05) is 12.0 Å². The lowest BCUT2D eigenvalue weighted by atomic mass is 10.1. The maximum Gasteiger partial charge on any atom is 0.274 e. The van der Waals surface area contributed by atoms with Gasteiger partial charge in [-0.1, -0.05) is 30.3 Å². The van der Waals surface area contributed by atoms with Gasteiger partial charge in [0.25, 0.3) is 5.91 Å². The van der Waals surface area contributed by atoms with Crippen LogP contribution in [0, 0.1) is 0 Å². The van der Waals surface area contributed by atoms with Crippen molar-refractivity contribution in [2.75, 3.05) is 5.75 Å². The number of azo groups is 1. The highest BCUT2D eigenvalue weighted by Crippen LogP contribution is 2.22. The van der Waals surface area contributed by atoms with E-state index in [-0.39, 0.29) is 17.1 Å². The predicted octanol–water partition coefficient (Wildman–Crippen LogP) is 2.31. The largest absolute Gasteiger partial charge is 0.294 e. The van der Waals surface area contributed by atoms with Crippen LogP contribution in [0.5, 0.6) is 0 Å². The minimum atomic E-state index is -0.228. The Labute approximate surface area is 97.1 Å². The zero-order valence-corrected chi connectivity index (χ0v) is 9.31. The third kappa shape index (κ3) is 2.76. The molecule has 0 N–H and O–H groups in total. The minimum Gasteiger partial charge on any atom is -0.294 e. The van der Waals surface area contributed by atoms with E-state index in [1.807, 2.05) is 18.2 Å². The van der Waals surface area contributed by atoms with Crippen LogP contribution in [0.3, 0.4) is 0 Å². The first-order valence-corrected chi connectivity index (χ1v) is 5.94. The molecule has 0 saturated heterocycles. The van der Waals surface area contributed by atoms with E-state index in [0.717, 1.165) is 0 Å². The van der Waals surface area contributed by atoms with Crippen molar-refractivity contribution in [3.8, 4) is 0 Å². The molecule has 0 aliphatic carbocycles. The fourth-order valence-corrected chi connectivity index (χ4v) is 2.13. The molecule has 0 aromatic heterocycles. The van der Waals surface area contributed by atoms with Gasteiger partial charge in [-0.25, -0.2) is 0 Å². The van der Waals surface area contributed by atoms with Crippen molar-refractivity contribution in [2.45, 2.75) is 11.8 Å². The van der Waals surface area contributed by atoms with Crippen molar-refractivity contribution in [1.29, 1.82) is 0 Å². The molecule has 1 amide bonds. The molecular weight excluding hydrogens is 224 g/mol. The second-order valence-electron chi connectivity index (χ2n) is 3.37. The summed E-state index contributed by atoms with van der Waals surface area (Å²) < 4.78 is 0. The number of carbonyl (C=O) groups excluding carboxylic acids is 2. The van der Waals surface area contributed by atoms with Crippen molar-refractivity contribution < 1.29 is 9.59 Å². The number of benzene rings is 1. The molecule has 1 aliphatic heterocycles. The van der Waals surface area contributed by atoms with E-state index in [9.17, 15) is 9.59 Å². The number of rotatable bonds is 3. The van der Waals surface area contributed by atoms with Crippen LogP contribution in [0.2, 0.25) is 0 Å². The number of thioether (sulfide) groups is 1. The van der Waals surface area contributed by atoms with Gasteiger partial charge in [0.1, 0.15) is 5.37 Å². The second-order valence-corrected chi connectivity index (χ2v) is 4.53. The van der Waals surface area contributed by atoms with E-state index < -0.39 is 0 Å². The normalized spacial score (nSPS) is 19.8. The van der Waals surface area contributed by atoms with Crippen molar-refractivity contribution in [3.63, 3.8) is 0 Å². The Kier molecular flexibility index (Phi) is 3.46. The van der Waals surface area contributed by atoms with Gasteiger partial charge in [-0.15, -0.1) is 16.9 Å².